The van der Waals surface area contributed by atoms with Crippen molar-refractivity contribution in [1.29, 1.82) is 0 Å². The van der Waals surface area contributed by atoms with Gasteiger partial charge >= 0.3 is 0 Å². The normalized spacial score (nSPS) is 15.9. The molecule has 0 bridgehead atoms. The summed E-state index contributed by atoms with van der Waals surface area (Å²) in [5.74, 6) is 0.962. The Hall–Kier alpha value is -2.74. The molecule has 0 fully saturated rings. The van der Waals surface area contributed by atoms with Crippen LogP contribution in [0.2, 0.25) is 0 Å². The van der Waals surface area contributed by atoms with Crippen molar-refractivity contribution >= 4 is 27.3 Å². The zero-order valence-electron chi connectivity index (χ0n) is 17.1. The summed E-state index contributed by atoms with van der Waals surface area (Å²) in [7, 11) is -2.06. The maximum absolute atomic E-state index is 12.7. The second-order valence-corrected chi connectivity index (χ2v) is 9.34. The van der Waals surface area contributed by atoms with Crippen molar-refractivity contribution in [2.75, 3.05) is 29.9 Å². The average molecular weight is 419 g/mol. The molecule has 0 unspecified atom stereocenters. The van der Waals surface area contributed by atoms with Crippen molar-refractivity contribution in [3.05, 3.63) is 48.0 Å². The zero-order chi connectivity index (χ0) is 21.2. The van der Waals surface area contributed by atoms with Gasteiger partial charge in [-0.25, -0.2) is 8.42 Å². The lowest BCUT2D eigenvalue weighted by molar-refractivity contribution is -0.127. The van der Waals surface area contributed by atoms with E-state index in [0.29, 0.717) is 35.0 Å². The lowest BCUT2D eigenvalue weighted by Crippen LogP contribution is -2.42. The number of carbonyl (C=O) groups is 1. The van der Waals surface area contributed by atoms with E-state index in [4.69, 9.17) is 9.47 Å². The summed E-state index contributed by atoms with van der Waals surface area (Å²) >= 11 is 0. The van der Waals surface area contributed by atoms with Crippen LogP contribution in [0.4, 0.5) is 11.4 Å². The van der Waals surface area contributed by atoms with Crippen molar-refractivity contribution in [3.8, 4) is 11.5 Å². The van der Waals surface area contributed by atoms with E-state index in [2.05, 4.69) is 4.72 Å². The molecular formula is C21H26N2O5S. The minimum absolute atomic E-state index is 0.0217. The lowest BCUT2D eigenvalue weighted by Gasteiger charge is -2.26. The van der Waals surface area contributed by atoms with Crippen molar-refractivity contribution in [1.82, 2.24) is 0 Å². The molecule has 0 aromatic heterocycles. The van der Waals surface area contributed by atoms with Crippen LogP contribution < -0.4 is 19.1 Å². The molecule has 0 radical (unpaired) electrons. The van der Waals surface area contributed by atoms with Gasteiger partial charge in [-0.05, 0) is 50.6 Å². The molecule has 156 valence electrons. The number of hydrogen-bond donors (Lipinski definition) is 1. The number of hydrogen-bond acceptors (Lipinski definition) is 5. The number of amides is 1. The van der Waals surface area contributed by atoms with Gasteiger partial charge in [-0.2, -0.15) is 0 Å². The number of benzene rings is 2. The average Bonchev–Trinajstić information content (AvgIpc) is 2.76. The summed E-state index contributed by atoms with van der Waals surface area (Å²) < 4.78 is 38.7. The Kier molecular flexibility index (Phi) is 5.75. The van der Waals surface area contributed by atoms with E-state index in [1.165, 1.54) is 0 Å². The van der Waals surface area contributed by atoms with Crippen LogP contribution in [0.5, 0.6) is 11.5 Å². The molecule has 0 atom stereocenters. The summed E-state index contributed by atoms with van der Waals surface area (Å²) in [6.45, 7) is 6.29. The van der Waals surface area contributed by atoms with E-state index < -0.39 is 15.4 Å². The van der Waals surface area contributed by atoms with E-state index >= 15 is 0 Å². The fourth-order valence-electron chi connectivity index (χ4n) is 3.18. The van der Waals surface area contributed by atoms with Gasteiger partial charge in [0.25, 0.3) is 0 Å². The van der Waals surface area contributed by atoms with Crippen LogP contribution in [-0.4, -0.2) is 34.6 Å². The van der Waals surface area contributed by atoms with Gasteiger partial charge in [0.2, 0.25) is 15.9 Å². The molecule has 29 heavy (non-hydrogen) atoms. The highest BCUT2D eigenvalue weighted by Gasteiger charge is 2.37. The molecule has 0 saturated carbocycles. The number of anilines is 2. The first-order valence-corrected chi connectivity index (χ1v) is 11.0. The van der Waals surface area contributed by atoms with Gasteiger partial charge in [-0.1, -0.05) is 12.1 Å². The number of rotatable bonds is 6. The Labute approximate surface area is 171 Å². The van der Waals surface area contributed by atoms with Crippen LogP contribution in [0, 0.1) is 5.41 Å². The minimum Gasteiger partial charge on any atom is -0.497 e. The topological polar surface area (TPSA) is 84.9 Å². The SMILES string of the molecule is CCN1C(=O)C(C)(C)COc2cc(NS(=O)(=O)Cc3ccc(OC)cc3)ccc21. The number of sulfonamides is 1. The third-order valence-corrected chi connectivity index (χ3v) is 6.03. The number of nitrogens with zero attached hydrogens (tertiary/aromatic N) is 1. The van der Waals surface area contributed by atoms with Gasteiger partial charge < -0.3 is 14.4 Å². The van der Waals surface area contributed by atoms with Crippen LogP contribution in [-0.2, 0) is 20.6 Å². The van der Waals surface area contributed by atoms with Crippen LogP contribution in [0.25, 0.3) is 0 Å². The summed E-state index contributed by atoms with van der Waals surface area (Å²) in [5, 5.41) is 0. The first kappa shape index (κ1) is 21.0. The van der Waals surface area contributed by atoms with E-state index in [-0.39, 0.29) is 18.3 Å². The van der Waals surface area contributed by atoms with Crippen molar-refractivity contribution in [3.63, 3.8) is 0 Å². The third kappa shape index (κ3) is 4.64. The highest BCUT2D eigenvalue weighted by Crippen LogP contribution is 2.38. The third-order valence-electron chi connectivity index (χ3n) is 4.77. The van der Waals surface area contributed by atoms with E-state index in [9.17, 15) is 13.2 Å². The van der Waals surface area contributed by atoms with Gasteiger partial charge in [-0.15, -0.1) is 0 Å². The molecule has 0 spiro atoms. The summed E-state index contributed by atoms with van der Waals surface area (Å²) in [6, 6.07) is 11.8. The number of fused-ring (bicyclic) bond motifs is 1. The Morgan fingerprint density at radius 2 is 1.86 bits per heavy atom. The maximum atomic E-state index is 12.7. The fourth-order valence-corrected chi connectivity index (χ4v) is 4.37. The molecule has 2 aromatic carbocycles. The summed E-state index contributed by atoms with van der Waals surface area (Å²) in [6.07, 6.45) is 0. The summed E-state index contributed by atoms with van der Waals surface area (Å²) in [5.41, 5.74) is 1.01. The zero-order valence-corrected chi connectivity index (χ0v) is 17.9. The number of carbonyl (C=O) groups excluding carboxylic acids is 1. The molecule has 1 aliphatic heterocycles. The molecule has 7 nitrogen and oxygen atoms in total. The van der Waals surface area contributed by atoms with Gasteiger partial charge in [0.1, 0.15) is 18.1 Å². The fraction of sp³-hybridized carbons (Fsp3) is 0.381. The van der Waals surface area contributed by atoms with Crippen molar-refractivity contribution in [2.24, 2.45) is 5.41 Å². The van der Waals surface area contributed by atoms with Crippen molar-refractivity contribution < 1.29 is 22.7 Å². The molecule has 1 amide bonds. The number of nitrogens with one attached hydrogen (secondary N) is 1. The molecule has 0 saturated heterocycles. The smallest absolute Gasteiger partial charge is 0.236 e. The van der Waals surface area contributed by atoms with Gasteiger partial charge in [0.15, 0.2) is 0 Å². The Bertz CT molecular complexity index is 1000. The van der Waals surface area contributed by atoms with Crippen LogP contribution in [0.15, 0.2) is 42.5 Å². The second-order valence-electron chi connectivity index (χ2n) is 7.61. The molecule has 3 rings (SSSR count). The Morgan fingerprint density at radius 3 is 2.48 bits per heavy atom. The first-order chi connectivity index (χ1) is 13.6. The quantitative estimate of drug-likeness (QED) is 0.777. The minimum atomic E-state index is -3.62. The number of ether oxygens (including phenoxy) is 2. The molecule has 1 heterocycles. The monoisotopic (exact) mass is 418 g/mol. The van der Waals surface area contributed by atoms with E-state index in [0.717, 1.165) is 0 Å². The van der Waals surface area contributed by atoms with E-state index in [1.54, 1.807) is 54.5 Å². The molecule has 1 aliphatic rings. The van der Waals surface area contributed by atoms with Crippen LogP contribution in [0.3, 0.4) is 0 Å². The molecule has 2 aromatic rings. The van der Waals surface area contributed by atoms with Crippen LogP contribution in [0.1, 0.15) is 26.3 Å². The lowest BCUT2D eigenvalue weighted by atomic mass is 9.93. The largest absolute Gasteiger partial charge is 0.497 e. The van der Waals surface area contributed by atoms with Gasteiger partial charge in [0.05, 0.1) is 29.7 Å². The first-order valence-electron chi connectivity index (χ1n) is 9.37. The van der Waals surface area contributed by atoms with Crippen molar-refractivity contribution in [2.45, 2.75) is 26.5 Å². The summed E-state index contributed by atoms with van der Waals surface area (Å²) in [4.78, 5) is 14.4. The maximum Gasteiger partial charge on any atom is 0.236 e. The highest BCUT2D eigenvalue weighted by molar-refractivity contribution is 7.91. The Balaban J connectivity index is 1.82. The van der Waals surface area contributed by atoms with Gasteiger partial charge in [0, 0.05) is 12.6 Å². The van der Waals surface area contributed by atoms with Gasteiger partial charge in [-0.3, -0.25) is 9.52 Å². The predicted molar refractivity (Wildman–Crippen MR) is 113 cm³/mol. The molecule has 1 N–H and O–H groups in total. The van der Waals surface area contributed by atoms with E-state index in [1.807, 2.05) is 20.8 Å². The molecular weight excluding hydrogens is 392 g/mol. The number of methoxy groups -OCH3 is 1. The predicted octanol–water partition coefficient (Wildman–Crippen LogP) is 3.41. The standard InChI is InChI=1S/C21H26N2O5S/c1-5-23-18-11-8-16(12-19(18)28-14-21(2,3)20(23)24)22-29(25,26)13-15-6-9-17(27-4)10-7-15/h6-12,22H,5,13-14H2,1-4H3. The highest BCUT2D eigenvalue weighted by atomic mass is 32.2. The van der Waals surface area contributed by atoms with Crippen LogP contribution >= 0.6 is 0 Å². The second kappa shape index (κ2) is 7.94. The Morgan fingerprint density at radius 1 is 1.17 bits per heavy atom. The molecule has 8 heteroatoms. The molecule has 0 aliphatic carbocycles.